The molecule has 1 spiro atoms. The van der Waals surface area contributed by atoms with E-state index in [2.05, 4.69) is 14.8 Å². The fourth-order valence-corrected chi connectivity index (χ4v) is 6.43. The normalized spacial score (nSPS) is 21.1. The standard InChI is InChI=1S/C26H33N3O5S/c1-18-20(5-6-21-22(18)16-34-25(21)31)23(30)15-28-12-9-26(10-13-28)8-3-11-29(17-26)24-7-4-19(14-27-24)35(2,32)33/h4-7,14,23,30H,3,8-13,15-17H2,1-2H3/t23-/m0/s1. The summed E-state index contributed by atoms with van der Waals surface area (Å²) in [5.74, 6) is 0.553. The second-order valence-electron chi connectivity index (χ2n) is 10.3. The molecule has 0 aliphatic carbocycles. The molecule has 1 aromatic heterocycles. The van der Waals surface area contributed by atoms with Crippen LogP contribution in [0.15, 0.2) is 35.4 Å². The number of aromatic nitrogens is 1. The van der Waals surface area contributed by atoms with Gasteiger partial charge in [0.2, 0.25) is 0 Å². The summed E-state index contributed by atoms with van der Waals surface area (Å²) in [6, 6.07) is 7.09. The second-order valence-corrected chi connectivity index (χ2v) is 12.4. The summed E-state index contributed by atoms with van der Waals surface area (Å²) in [5, 5.41) is 11.0. The second kappa shape index (κ2) is 9.19. The van der Waals surface area contributed by atoms with Crippen molar-refractivity contribution in [1.82, 2.24) is 9.88 Å². The van der Waals surface area contributed by atoms with Crippen molar-refractivity contribution in [3.63, 3.8) is 0 Å². The summed E-state index contributed by atoms with van der Waals surface area (Å²) < 4.78 is 28.6. The molecule has 0 saturated carbocycles. The van der Waals surface area contributed by atoms with Crippen molar-refractivity contribution < 1.29 is 23.1 Å². The number of hydrogen-bond acceptors (Lipinski definition) is 8. The Morgan fingerprint density at radius 3 is 2.60 bits per heavy atom. The molecule has 1 atom stereocenters. The lowest BCUT2D eigenvalue weighted by Crippen LogP contribution is -2.50. The molecule has 1 N–H and O–H groups in total. The first-order valence-corrected chi connectivity index (χ1v) is 14.2. The van der Waals surface area contributed by atoms with Gasteiger partial charge in [0.05, 0.1) is 16.6 Å². The molecule has 2 fully saturated rings. The molecule has 8 nitrogen and oxygen atoms in total. The van der Waals surface area contributed by atoms with Gasteiger partial charge in [0.25, 0.3) is 0 Å². The minimum Gasteiger partial charge on any atom is -0.457 e. The van der Waals surface area contributed by atoms with E-state index in [1.807, 2.05) is 19.1 Å². The highest BCUT2D eigenvalue weighted by molar-refractivity contribution is 7.90. The van der Waals surface area contributed by atoms with Crippen molar-refractivity contribution >= 4 is 21.6 Å². The highest BCUT2D eigenvalue weighted by atomic mass is 32.2. The number of pyridine rings is 1. The van der Waals surface area contributed by atoms with E-state index >= 15 is 0 Å². The van der Waals surface area contributed by atoms with Gasteiger partial charge in [0.15, 0.2) is 9.84 Å². The molecule has 3 aliphatic heterocycles. The van der Waals surface area contributed by atoms with Crippen LogP contribution >= 0.6 is 0 Å². The van der Waals surface area contributed by atoms with E-state index in [1.54, 1.807) is 12.1 Å². The zero-order chi connectivity index (χ0) is 24.8. The Hall–Kier alpha value is -2.49. The van der Waals surface area contributed by atoms with E-state index < -0.39 is 15.9 Å². The summed E-state index contributed by atoms with van der Waals surface area (Å²) >= 11 is 0. The summed E-state index contributed by atoms with van der Waals surface area (Å²) in [7, 11) is -3.25. The number of cyclic esters (lactones) is 1. The summed E-state index contributed by atoms with van der Waals surface area (Å²) in [6.45, 7) is 6.52. The van der Waals surface area contributed by atoms with Crippen LogP contribution in [0.1, 0.15) is 58.8 Å². The van der Waals surface area contributed by atoms with Crippen LogP contribution in [0.4, 0.5) is 5.82 Å². The number of carbonyl (C=O) groups is 1. The van der Waals surface area contributed by atoms with E-state index in [-0.39, 0.29) is 22.9 Å². The Morgan fingerprint density at radius 2 is 1.91 bits per heavy atom. The minimum absolute atomic E-state index is 0.220. The molecular formula is C26H33N3O5S. The molecule has 0 radical (unpaired) electrons. The molecule has 4 heterocycles. The number of aliphatic hydroxyl groups is 1. The van der Waals surface area contributed by atoms with Crippen LogP contribution in [-0.2, 0) is 21.2 Å². The number of carbonyl (C=O) groups excluding carboxylic acids is 1. The summed E-state index contributed by atoms with van der Waals surface area (Å²) in [5.41, 5.74) is 3.55. The van der Waals surface area contributed by atoms with Gasteiger partial charge >= 0.3 is 5.97 Å². The highest BCUT2D eigenvalue weighted by Crippen LogP contribution is 2.41. The van der Waals surface area contributed by atoms with Crippen LogP contribution in [0.5, 0.6) is 0 Å². The number of aliphatic hydroxyl groups excluding tert-OH is 1. The maximum atomic E-state index is 11.8. The third kappa shape index (κ3) is 4.81. The zero-order valence-corrected chi connectivity index (χ0v) is 21.2. The van der Waals surface area contributed by atoms with Crippen LogP contribution in [-0.4, -0.2) is 68.4 Å². The Balaban J connectivity index is 1.20. The van der Waals surface area contributed by atoms with Crippen LogP contribution in [0, 0.1) is 12.3 Å². The molecule has 2 saturated heterocycles. The van der Waals surface area contributed by atoms with Gasteiger partial charge in [0, 0.05) is 37.7 Å². The first-order valence-electron chi connectivity index (χ1n) is 12.3. The van der Waals surface area contributed by atoms with Gasteiger partial charge in [-0.1, -0.05) is 6.07 Å². The van der Waals surface area contributed by atoms with Crippen LogP contribution in [0.2, 0.25) is 0 Å². The fraction of sp³-hybridized carbons (Fsp3) is 0.538. The number of nitrogens with zero attached hydrogens (tertiary/aromatic N) is 3. The number of β-amino-alcohol motifs (C(OH)–C–C–N with tert-alkyl or cyclic N) is 1. The molecule has 0 amide bonds. The van der Waals surface area contributed by atoms with Crippen molar-refractivity contribution in [2.75, 3.05) is 43.9 Å². The van der Waals surface area contributed by atoms with Crippen molar-refractivity contribution in [3.8, 4) is 0 Å². The van der Waals surface area contributed by atoms with Gasteiger partial charge < -0.3 is 19.6 Å². The number of ether oxygens (including phenoxy) is 1. The Morgan fingerprint density at radius 1 is 1.14 bits per heavy atom. The summed E-state index contributed by atoms with van der Waals surface area (Å²) in [6.07, 6.45) is 6.44. The Labute approximate surface area is 206 Å². The number of likely N-dealkylation sites (tertiary alicyclic amines) is 1. The van der Waals surface area contributed by atoms with E-state index in [9.17, 15) is 18.3 Å². The molecule has 9 heteroatoms. The van der Waals surface area contributed by atoms with Crippen molar-refractivity contribution in [2.45, 2.75) is 50.2 Å². The van der Waals surface area contributed by atoms with Crippen LogP contribution in [0.25, 0.3) is 0 Å². The quantitative estimate of drug-likeness (QED) is 0.627. The van der Waals surface area contributed by atoms with Gasteiger partial charge in [-0.15, -0.1) is 0 Å². The lowest BCUT2D eigenvalue weighted by atomic mass is 9.72. The van der Waals surface area contributed by atoms with E-state index in [1.165, 1.54) is 18.9 Å². The number of hydrogen-bond donors (Lipinski definition) is 1. The average molecular weight is 500 g/mol. The van der Waals surface area contributed by atoms with Gasteiger partial charge in [0.1, 0.15) is 12.4 Å². The van der Waals surface area contributed by atoms with E-state index in [4.69, 9.17) is 4.74 Å². The maximum Gasteiger partial charge on any atom is 0.338 e. The number of esters is 1. The van der Waals surface area contributed by atoms with Gasteiger partial charge in [-0.2, -0.15) is 0 Å². The lowest BCUT2D eigenvalue weighted by molar-refractivity contribution is 0.0494. The molecule has 0 unspecified atom stereocenters. The third-order valence-corrected chi connectivity index (χ3v) is 9.15. The Kier molecular flexibility index (Phi) is 6.35. The number of rotatable bonds is 5. The minimum atomic E-state index is -3.25. The predicted octanol–water partition coefficient (Wildman–Crippen LogP) is 2.88. The lowest BCUT2D eigenvalue weighted by Gasteiger charge is -2.48. The topological polar surface area (TPSA) is 100 Å². The van der Waals surface area contributed by atoms with Gasteiger partial charge in [-0.25, -0.2) is 18.2 Å². The molecule has 3 aliphatic rings. The van der Waals surface area contributed by atoms with Gasteiger partial charge in [-0.3, -0.25) is 0 Å². The third-order valence-electron chi connectivity index (χ3n) is 8.05. The number of piperidine rings is 2. The highest BCUT2D eigenvalue weighted by Gasteiger charge is 2.39. The van der Waals surface area contributed by atoms with Crippen LogP contribution < -0.4 is 4.90 Å². The van der Waals surface area contributed by atoms with E-state index in [0.717, 1.165) is 67.9 Å². The first-order chi connectivity index (χ1) is 16.7. The molecule has 188 valence electrons. The van der Waals surface area contributed by atoms with Crippen molar-refractivity contribution in [1.29, 1.82) is 0 Å². The number of fused-ring (bicyclic) bond motifs is 1. The maximum absolute atomic E-state index is 11.8. The largest absolute Gasteiger partial charge is 0.457 e. The van der Waals surface area contributed by atoms with Crippen molar-refractivity contribution in [3.05, 3.63) is 52.7 Å². The molecule has 2 aromatic rings. The summed E-state index contributed by atoms with van der Waals surface area (Å²) in [4.78, 5) is 21.1. The van der Waals surface area contributed by atoms with E-state index in [0.29, 0.717) is 12.1 Å². The molecular weight excluding hydrogens is 466 g/mol. The monoisotopic (exact) mass is 499 g/mol. The average Bonchev–Trinajstić information content (AvgIpc) is 3.22. The van der Waals surface area contributed by atoms with Gasteiger partial charge in [-0.05, 0) is 80.4 Å². The van der Waals surface area contributed by atoms with Crippen molar-refractivity contribution in [2.24, 2.45) is 5.41 Å². The Bertz CT molecular complexity index is 1220. The molecule has 5 rings (SSSR count). The molecule has 35 heavy (non-hydrogen) atoms. The number of sulfone groups is 1. The first kappa shape index (κ1) is 24.2. The number of anilines is 1. The predicted molar refractivity (Wildman–Crippen MR) is 132 cm³/mol. The fourth-order valence-electron chi connectivity index (χ4n) is 5.87. The van der Waals surface area contributed by atoms with Crippen LogP contribution in [0.3, 0.4) is 0 Å². The number of benzene rings is 1. The zero-order valence-electron chi connectivity index (χ0n) is 20.4. The molecule has 0 bridgehead atoms. The SMILES string of the molecule is Cc1c([C@@H](O)CN2CCC3(CCCN(c4ccc(S(C)(=O)=O)cn4)C3)CC2)ccc2c1COC2=O. The molecule has 1 aromatic carbocycles. The smallest absolute Gasteiger partial charge is 0.338 e.